The predicted molar refractivity (Wildman–Crippen MR) is 156 cm³/mol. The van der Waals surface area contributed by atoms with Crippen LogP contribution in [0.4, 0.5) is 5.69 Å². The lowest BCUT2D eigenvalue weighted by Gasteiger charge is -2.29. The maximum absolute atomic E-state index is 14.0. The first-order chi connectivity index (χ1) is 20.5. The monoisotopic (exact) mass is 603 g/mol. The molecule has 1 fully saturated rings. The van der Waals surface area contributed by atoms with Gasteiger partial charge in [-0.2, -0.15) is 10.2 Å². The first-order valence-electron chi connectivity index (χ1n) is 14.0. The lowest BCUT2D eigenvalue weighted by Crippen LogP contribution is -2.49. The number of fused-ring (bicyclic) bond motifs is 1. The number of phosphoric ester groups is 1. The van der Waals surface area contributed by atoms with Crippen LogP contribution in [0.2, 0.25) is 0 Å². The first-order valence-corrected chi connectivity index (χ1v) is 15.5. The average molecular weight is 604 g/mol. The molecule has 13 heteroatoms. The Morgan fingerprint density at radius 3 is 2.53 bits per heavy atom. The molecule has 0 saturated heterocycles. The van der Waals surface area contributed by atoms with Crippen LogP contribution in [0.25, 0.3) is 11.1 Å². The molecule has 6 rings (SSSR count). The standard InChI is InChI=1S/C30H33N6O6P/c1-18-25(19(2)36(34-18)17-42-43(39,40)41)20-8-10-22(11-9-20)32-29(38)27(33-28(37)24-12-15-31-35(24)3)26-23-7-5-4-6-21(23)16-30(26)13-14-30/h4-12,15,26-27H,13-14,16-17H2,1-3H3,(H,32,38)(H,33,37)(H2,39,40,41)/p-1/t26?,27-/m0/s1. The number of carbonyl (C=O) groups excluding carboxylic acids is 2. The summed E-state index contributed by atoms with van der Waals surface area (Å²) in [5.41, 5.74) is 6.06. The van der Waals surface area contributed by atoms with Crippen LogP contribution in [-0.4, -0.2) is 42.3 Å². The maximum Gasteiger partial charge on any atom is 0.270 e. The van der Waals surface area contributed by atoms with Gasteiger partial charge in [0.25, 0.3) is 13.7 Å². The third-order valence-corrected chi connectivity index (χ3v) is 9.05. The van der Waals surface area contributed by atoms with Crippen LogP contribution in [0.5, 0.6) is 0 Å². The first kappa shape index (κ1) is 29.0. The second-order valence-electron chi connectivity index (χ2n) is 11.3. The molecular weight excluding hydrogens is 571 g/mol. The molecule has 2 heterocycles. The number of benzene rings is 2. The van der Waals surface area contributed by atoms with E-state index in [4.69, 9.17) is 4.89 Å². The molecule has 3 atom stereocenters. The molecule has 3 N–H and O–H groups in total. The molecule has 0 radical (unpaired) electrons. The van der Waals surface area contributed by atoms with Crippen molar-refractivity contribution < 1.29 is 28.5 Å². The highest BCUT2D eigenvalue weighted by atomic mass is 31.2. The molecule has 2 aliphatic rings. The van der Waals surface area contributed by atoms with Crippen molar-refractivity contribution in [1.82, 2.24) is 24.9 Å². The van der Waals surface area contributed by atoms with Crippen molar-refractivity contribution in [1.29, 1.82) is 0 Å². The minimum Gasteiger partial charge on any atom is -0.756 e. The van der Waals surface area contributed by atoms with Gasteiger partial charge in [-0.1, -0.05) is 36.4 Å². The number of hydrogen-bond acceptors (Lipinski definition) is 7. The summed E-state index contributed by atoms with van der Waals surface area (Å²) < 4.78 is 18.4. The predicted octanol–water partition coefficient (Wildman–Crippen LogP) is 3.19. The second kappa shape index (κ2) is 10.9. The zero-order chi connectivity index (χ0) is 30.5. The molecule has 2 aliphatic carbocycles. The fourth-order valence-corrected chi connectivity index (χ4v) is 6.67. The highest BCUT2D eigenvalue weighted by Crippen LogP contribution is 2.64. The van der Waals surface area contributed by atoms with E-state index in [-0.39, 0.29) is 23.1 Å². The van der Waals surface area contributed by atoms with E-state index in [0.717, 1.165) is 36.0 Å². The Hall–Kier alpha value is -4.09. The molecule has 4 aromatic rings. The zero-order valence-electron chi connectivity index (χ0n) is 24.0. The third kappa shape index (κ3) is 5.66. The second-order valence-corrected chi connectivity index (χ2v) is 12.5. The summed E-state index contributed by atoms with van der Waals surface area (Å²) in [7, 11) is -3.21. The minimum absolute atomic E-state index is 0.0515. The number of phosphoric acid groups is 1. The Labute approximate surface area is 248 Å². The largest absolute Gasteiger partial charge is 0.756 e. The molecule has 2 amide bonds. The van der Waals surface area contributed by atoms with Crippen LogP contribution in [0.15, 0.2) is 60.8 Å². The van der Waals surface area contributed by atoms with Gasteiger partial charge < -0.3 is 20.4 Å². The van der Waals surface area contributed by atoms with Gasteiger partial charge in [-0.25, -0.2) is 4.68 Å². The Bertz CT molecular complexity index is 1750. The highest BCUT2D eigenvalue weighted by molar-refractivity contribution is 7.44. The molecule has 12 nitrogen and oxygen atoms in total. The van der Waals surface area contributed by atoms with Crippen molar-refractivity contribution in [3.63, 3.8) is 0 Å². The van der Waals surface area contributed by atoms with Gasteiger partial charge in [0.2, 0.25) is 5.91 Å². The Kier molecular flexibility index (Phi) is 7.34. The molecular formula is C30H32N6O6P-. The third-order valence-electron chi connectivity index (χ3n) is 8.61. The van der Waals surface area contributed by atoms with Gasteiger partial charge >= 0.3 is 0 Å². The topological polar surface area (TPSA) is 163 Å². The number of aromatic nitrogens is 4. The molecule has 0 bridgehead atoms. The molecule has 224 valence electrons. The van der Waals surface area contributed by atoms with E-state index in [1.54, 1.807) is 45.3 Å². The quantitative estimate of drug-likeness (QED) is 0.246. The van der Waals surface area contributed by atoms with E-state index >= 15 is 0 Å². The molecule has 2 aromatic carbocycles. The minimum atomic E-state index is -4.90. The Morgan fingerprint density at radius 1 is 1.16 bits per heavy atom. The summed E-state index contributed by atoms with van der Waals surface area (Å²) in [6.07, 6.45) is 4.42. The van der Waals surface area contributed by atoms with E-state index in [2.05, 4.69) is 37.5 Å². The summed E-state index contributed by atoms with van der Waals surface area (Å²) in [6, 6.07) is 16.2. The summed E-state index contributed by atoms with van der Waals surface area (Å²) in [5.74, 6) is -0.835. The number of nitrogens with one attached hydrogen (secondary N) is 2. The molecule has 43 heavy (non-hydrogen) atoms. The number of hydrogen-bond donors (Lipinski definition) is 3. The van der Waals surface area contributed by atoms with Crippen LogP contribution in [0.3, 0.4) is 0 Å². The van der Waals surface area contributed by atoms with Crippen LogP contribution >= 0.6 is 7.82 Å². The van der Waals surface area contributed by atoms with Crippen molar-refractivity contribution >= 4 is 25.3 Å². The van der Waals surface area contributed by atoms with Gasteiger partial charge in [0.15, 0.2) is 0 Å². The zero-order valence-corrected chi connectivity index (χ0v) is 24.9. The number of rotatable bonds is 9. The fourth-order valence-electron chi connectivity index (χ4n) is 6.42. The van der Waals surface area contributed by atoms with Gasteiger partial charge in [0.05, 0.1) is 5.69 Å². The van der Waals surface area contributed by atoms with Gasteiger partial charge in [-0.05, 0) is 73.4 Å². The lowest BCUT2D eigenvalue weighted by molar-refractivity contribution is -0.223. The normalized spacial score (nSPS) is 18.6. The average Bonchev–Trinajstić information content (AvgIpc) is 3.32. The van der Waals surface area contributed by atoms with Crippen molar-refractivity contribution in [3.05, 3.63) is 89.0 Å². The van der Waals surface area contributed by atoms with Crippen LogP contribution in [-0.2, 0) is 34.1 Å². The van der Waals surface area contributed by atoms with Gasteiger partial charge in [-0.3, -0.25) is 23.4 Å². The fraction of sp³-hybridized carbons (Fsp3) is 0.333. The van der Waals surface area contributed by atoms with Gasteiger partial charge in [-0.15, -0.1) is 0 Å². The van der Waals surface area contributed by atoms with Gasteiger partial charge in [0, 0.05) is 36.1 Å². The summed E-state index contributed by atoms with van der Waals surface area (Å²) in [4.78, 5) is 47.3. The van der Waals surface area contributed by atoms with Crippen LogP contribution in [0, 0.1) is 19.3 Å². The van der Waals surface area contributed by atoms with Crippen LogP contribution < -0.4 is 15.5 Å². The SMILES string of the molecule is Cc1nn(COP(=O)([O-])O)c(C)c1-c1ccc(NC(=O)[C@@H](NC(=O)c2ccnn2C)C2c3ccccc3CC23CC3)cc1. The highest BCUT2D eigenvalue weighted by Gasteiger charge is 2.58. The number of amides is 2. The summed E-state index contributed by atoms with van der Waals surface area (Å²) >= 11 is 0. The number of anilines is 1. The molecule has 0 aliphatic heterocycles. The van der Waals surface area contributed by atoms with Crippen molar-refractivity contribution in [2.75, 3.05) is 5.32 Å². The number of aryl methyl sites for hydroxylation is 2. The smallest absolute Gasteiger partial charge is 0.270 e. The number of nitrogens with zero attached hydrogens (tertiary/aromatic N) is 4. The van der Waals surface area contributed by atoms with E-state index < -0.39 is 20.6 Å². The molecule has 2 aromatic heterocycles. The summed E-state index contributed by atoms with van der Waals surface area (Å²) in [6.45, 7) is 3.10. The van der Waals surface area contributed by atoms with E-state index in [1.807, 2.05) is 24.3 Å². The maximum atomic E-state index is 14.0. The van der Waals surface area contributed by atoms with Crippen molar-refractivity contribution in [2.24, 2.45) is 12.5 Å². The Balaban J connectivity index is 1.26. The molecule has 2 unspecified atom stereocenters. The van der Waals surface area contributed by atoms with Gasteiger partial charge in [0.1, 0.15) is 18.5 Å². The molecule has 1 spiro atoms. The van der Waals surface area contributed by atoms with Crippen molar-refractivity contribution in [3.8, 4) is 11.1 Å². The lowest BCUT2D eigenvalue weighted by atomic mass is 9.82. The van der Waals surface area contributed by atoms with E-state index in [0.29, 0.717) is 22.8 Å². The van der Waals surface area contributed by atoms with Crippen LogP contribution in [0.1, 0.15) is 51.8 Å². The Morgan fingerprint density at radius 2 is 1.88 bits per heavy atom. The van der Waals surface area contributed by atoms with E-state index in [9.17, 15) is 19.0 Å². The van der Waals surface area contributed by atoms with E-state index in [1.165, 1.54) is 14.9 Å². The summed E-state index contributed by atoms with van der Waals surface area (Å²) in [5, 5.41) is 14.5. The number of carbonyl (C=O) groups is 2. The van der Waals surface area contributed by atoms with Crippen molar-refractivity contribution in [2.45, 2.75) is 51.8 Å². The molecule has 1 saturated carbocycles.